The minimum Gasteiger partial charge on any atom is -0.383 e. The highest BCUT2D eigenvalue weighted by Crippen LogP contribution is 2.29. The predicted molar refractivity (Wildman–Crippen MR) is 86.5 cm³/mol. The van der Waals surface area contributed by atoms with E-state index in [0.717, 1.165) is 31.7 Å². The molecule has 1 unspecified atom stereocenters. The largest absolute Gasteiger partial charge is 0.383 e. The first-order chi connectivity index (χ1) is 10.8. The third-order valence-electron chi connectivity index (χ3n) is 3.96. The SMILES string of the molecule is COCC1(CNc2ccc(S(C)(=O)=O)cc2[N+](=O)[O-])CCCN1. The Balaban J connectivity index is 2.24. The highest BCUT2D eigenvalue weighted by molar-refractivity contribution is 7.90. The first-order valence-electron chi connectivity index (χ1n) is 7.24. The molecule has 1 aliphatic rings. The highest BCUT2D eigenvalue weighted by atomic mass is 32.2. The van der Waals surface area contributed by atoms with Crippen LogP contribution in [0.2, 0.25) is 0 Å². The van der Waals surface area contributed by atoms with Crippen molar-refractivity contribution in [3.8, 4) is 0 Å². The van der Waals surface area contributed by atoms with E-state index in [-0.39, 0.29) is 16.1 Å². The molecule has 1 atom stereocenters. The Hall–Kier alpha value is -1.71. The number of nitro groups is 1. The Labute approximate surface area is 135 Å². The van der Waals surface area contributed by atoms with Gasteiger partial charge in [-0.3, -0.25) is 10.1 Å². The fraction of sp³-hybridized carbons (Fsp3) is 0.571. The van der Waals surface area contributed by atoms with Crippen LogP contribution < -0.4 is 10.6 Å². The van der Waals surface area contributed by atoms with Crippen LogP contribution in [0.1, 0.15) is 12.8 Å². The summed E-state index contributed by atoms with van der Waals surface area (Å²) in [5, 5.41) is 17.7. The molecule has 1 aliphatic heterocycles. The molecule has 1 aromatic carbocycles. The number of sulfone groups is 1. The van der Waals surface area contributed by atoms with Crippen molar-refractivity contribution >= 4 is 21.2 Å². The average molecular weight is 343 g/mol. The van der Waals surface area contributed by atoms with Crippen LogP contribution in [-0.4, -0.2) is 51.9 Å². The number of rotatable bonds is 7. The van der Waals surface area contributed by atoms with Crippen molar-refractivity contribution < 1.29 is 18.1 Å². The van der Waals surface area contributed by atoms with Crippen LogP contribution in [0.4, 0.5) is 11.4 Å². The van der Waals surface area contributed by atoms with E-state index in [0.29, 0.717) is 18.8 Å². The van der Waals surface area contributed by atoms with Crippen LogP contribution in [0.3, 0.4) is 0 Å². The van der Waals surface area contributed by atoms with Crippen molar-refractivity contribution in [2.75, 3.05) is 38.4 Å². The molecule has 2 N–H and O–H groups in total. The molecule has 0 bridgehead atoms. The van der Waals surface area contributed by atoms with E-state index < -0.39 is 14.8 Å². The molecular formula is C14H21N3O5S. The van der Waals surface area contributed by atoms with E-state index in [9.17, 15) is 18.5 Å². The first-order valence-corrected chi connectivity index (χ1v) is 9.13. The lowest BCUT2D eigenvalue weighted by Gasteiger charge is -2.29. The van der Waals surface area contributed by atoms with E-state index in [1.54, 1.807) is 7.11 Å². The number of anilines is 1. The molecule has 128 valence electrons. The molecule has 1 heterocycles. The van der Waals surface area contributed by atoms with Crippen LogP contribution in [0.25, 0.3) is 0 Å². The van der Waals surface area contributed by atoms with Crippen LogP contribution in [0.15, 0.2) is 23.1 Å². The Morgan fingerprint density at radius 2 is 2.22 bits per heavy atom. The Kier molecular flexibility index (Phi) is 5.23. The second kappa shape index (κ2) is 6.81. The van der Waals surface area contributed by atoms with Gasteiger partial charge in [-0.1, -0.05) is 0 Å². The van der Waals surface area contributed by atoms with Gasteiger partial charge in [-0.2, -0.15) is 0 Å². The van der Waals surface area contributed by atoms with Gasteiger partial charge < -0.3 is 15.4 Å². The van der Waals surface area contributed by atoms with E-state index in [4.69, 9.17) is 4.74 Å². The average Bonchev–Trinajstić information content (AvgIpc) is 2.93. The summed E-state index contributed by atoms with van der Waals surface area (Å²) in [6, 6.07) is 3.89. The first kappa shape index (κ1) is 17.6. The minimum atomic E-state index is -3.49. The Morgan fingerprint density at radius 1 is 1.48 bits per heavy atom. The zero-order valence-electron chi connectivity index (χ0n) is 13.2. The summed E-state index contributed by atoms with van der Waals surface area (Å²) in [5.41, 5.74) is -0.219. The predicted octanol–water partition coefficient (Wildman–Crippen LogP) is 1.18. The summed E-state index contributed by atoms with van der Waals surface area (Å²) in [6.07, 6.45) is 2.94. The van der Waals surface area contributed by atoms with Crippen LogP contribution in [-0.2, 0) is 14.6 Å². The van der Waals surface area contributed by atoms with Gasteiger partial charge in [0, 0.05) is 26.0 Å². The molecule has 8 nitrogen and oxygen atoms in total. The molecule has 0 saturated carbocycles. The Morgan fingerprint density at radius 3 is 2.74 bits per heavy atom. The van der Waals surface area contributed by atoms with Gasteiger partial charge in [-0.15, -0.1) is 0 Å². The minimum absolute atomic E-state index is 0.0691. The maximum atomic E-state index is 11.6. The number of nitrogens with one attached hydrogen (secondary N) is 2. The number of nitrogens with zero attached hydrogens (tertiary/aromatic N) is 1. The van der Waals surface area contributed by atoms with Crippen LogP contribution >= 0.6 is 0 Å². The van der Waals surface area contributed by atoms with Gasteiger partial charge in [0.2, 0.25) is 0 Å². The molecule has 0 radical (unpaired) electrons. The fourth-order valence-corrected chi connectivity index (χ4v) is 3.42. The van der Waals surface area contributed by atoms with Crippen molar-refractivity contribution in [1.29, 1.82) is 0 Å². The van der Waals surface area contributed by atoms with Crippen molar-refractivity contribution in [2.45, 2.75) is 23.3 Å². The molecule has 1 saturated heterocycles. The van der Waals surface area contributed by atoms with Gasteiger partial charge in [-0.25, -0.2) is 8.42 Å². The van der Waals surface area contributed by atoms with Gasteiger partial charge in [0.15, 0.2) is 9.84 Å². The maximum Gasteiger partial charge on any atom is 0.293 e. The lowest BCUT2D eigenvalue weighted by atomic mass is 9.98. The monoisotopic (exact) mass is 343 g/mol. The molecule has 0 aliphatic carbocycles. The third-order valence-corrected chi connectivity index (χ3v) is 5.07. The molecule has 0 aromatic heterocycles. The molecule has 0 spiro atoms. The van der Waals surface area contributed by atoms with Gasteiger partial charge in [0.1, 0.15) is 5.69 Å². The smallest absolute Gasteiger partial charge is 0.293 e. The summed E-state index contributed by atoms with van der Waals surface area (Å²) >= 11 is 0. The number of hydrogen-bond acceptors (Lipinski definition) is 7. The molecular weight excluding hydrogens is 322 g/mol. The van der Waals surface area contributed by atoms with Gasteiger partial charge in [0.05, 0.1) is 22.0 Å². The molecule has 1 fully saturated rings. The molecule has 1 aromatic rings. The second-order valence-corrected chi connectivity index (χ2v) is 7.82. The van der Waals surface area contributed by atoms with Crippen LogP contribution in [0, 0.1) is 10.1 Å². The van der Waals surface area contributed by atoms with E-state index in [2.05, 4.69) is 10.6 Å². The number of ether oxygens (including phenoxy) is 1. The highest BCUT2D eigenvalue weighted by Gasteiger charge is 2.34. The number of hydrogen-bond donors (Lipinski definition) is 2. The zero-order valence-corrected chi connectivity index (χ0v) is 14.0. The van der Waals surface area contributed by atoms with Crippen molar-refractivity contribution in [3.05, 3.63) is 28.3 Å². The van der Waals surface area contributed by atoms with Crippen molar-refractivity contribution in [1.82, 2.24) is 5.32 Å². The van der Waals surface area contributed by atoms with Gasteiger partial charge in [-0.05, 0) is 31.5 Å². The third kappa shape index (κ3) is 4.18. The summed E-state index contributed by atoms with van der Waals surface area (Å²) < 4.78 is 28.3. The number of benzene rings is 1. The zero-order chi connectivity index (χ0) is 17.1. The summed E-state index contributed by atoms with van der Waals surface area (Å²) in [4.78, 5) is 10.6. The van der Waals surface area contributed by atoms with E-state index >= 15 is 0 Å². The second-order valence-electron chi connectivity index (χ2n) is 5.81. The van der Waals surface area contributed by atoms with E-state index in [1.807, 2.05) is 0 Å². The summed E-state index contributed by atoms with van der Waals surface area (Å²) in [7, 11) is -1.88. The topological polar surface area (TPSA) is 111 Å². The van der Waals surface area contributed by atoms with Crippen molar-refractivity contribution in [2.24, 2.45) is 0 Å². The van der Waals surface area contributed by atoms with Crippen molar-refractivity contribution in [3.63, 3.8) is 0 Å². The lowest BCUT2D eigenvalue weighted by molar-refractivity contribution is -0.384. The van der Waals surface area contributed by atoms with Gasteiger partial charge >= 0.3 is 0 Å². The lowest BCUT2D eigenvalue weighted by Crippen LogP contribution is -2.49. The molecule has 0 amide bonds. The summed E-state index contributed by atoms with van der Waals surface area (Å²) in [6.45, 7) is 1.83. The quantitative estimate of drug-likeness (QED) is 0.565. The maximum absolute atomic E-state index is 11.6. The van der Waals surface area contributed by atoms with Crippen LogP contribution in [0.5, 0.6) is 0 Å². The summed E-state index contributed by atoms with van der Waals surface area (Å²) in [5.74, 6) is 0. The normalized spacial score (nSPS) is 21.3. The number of nitro benzene ring substituents is 1. The molecule has 2 rings (SSSR count). The van der Waals surface area contributed by atoms with Gasteiger partial charge in [0.25, 0.3) is 5.69 Å². The number of methoxy groups -OCH3 is 1. The standard InChI is InChI=1S/C14H21N3O5S/c1-22-10-14(6-3-7-16-14)9-15-12-5-4-11(23(2,20)21)8-13(12)17(18)19/h4-5,8,15-16H,3,6-7,9-10H2,1-2H3. The Bertz CT molecular complexity index is 684. The molecule has 9 heteroatoms. The van der Waals surface area contributed by atoms with E-state index in [1.165, 1.54) is 12.1 Å². The fourth-order valence-electron chi connectivity index (χ4n) is 2.78. The molecule has 23 heavy (non-hydrogen) atoms.